The van der Waals surface area contributed by atoms with E-state index in [4.69, 9.17) is 11.6 Å². The molecule has 0 bridgehead atoms. The maximum Gasteiger partial charge on any atom is 0.417 e. The number of alkyl halides is 3. The molecule has 1 aliphatic heterocycles. The van der Waals surface area contributed by atoms with Crippen LogP contribution in [0, 0.1) is 0 Å². The molecule has 1 saturated heterocycles. The summed E-state index contributed by atoms with van der Waals surface area (Å²) in [6, 6.07) is 2.42. The summed E-state index contributed by atoms with van der Waals surface area (Å²) < 4.78 is 38.1. The topological polar surface area (TPSA) is 49.4 Å². The Balaban J connectivity index is 2.36. The van der Waals surface area contributed by atoms with Crippen LogP contribution in [-0.2, 0) is 11.0 Å². The zero-order chi connectivity index (χ0) is 14.2. The number of nitrogens with zero attached hydrogens (tertiary/aromatic N) is 1. The molecule has 19 heavy (non-hydrogen) atoms. The summed E-state index contributed by atoms with van der Waals surface area (Å²) >= 11 is 5.49. The first kappa shape index (κ1) is 13.7. The lowest BCUT2D eigenvalue weighted by Crippen LogP contribution is -2.49. The van der Waals surface area contributed by atoms with Gasteiger partial charge in [-0.1, -0.05) is 11.6 Å². The molecule has 8 heteroatoms. The third kappa shape index (κ3) is 2.81. The number of amides is 3. The van der Waals surface area contributed by atoms with E-state index in [1.807, 2.05) is 5.32 Å². The lowest BCUT2D eigenvalue weighted by molar-refractivity contribution is -0.137. The van der Waals surface area contributed by atoms with Crippen LogP contribution in [-0.4, -0.2) is 18.5 Å². The Morgan fingerprint density at radius 3 is 2.53 bits per heavy atom. The first-order valence-electron chi connectivity index (χ1n) is 5.27. The number of rotatable bonds is 1. The minimum Gasteiger partial charge on any atom is -0.294 e. The van der Waals surface area contributed by atoms with Gasteiger partial charge in [-0.15, -0.1) is 0 Å². The van der Waals surface area contributed by atoms with E-state index in [1.165, 1.54) is 6.07 Å². The van der Waals surface area contributed by atoms with Gasteiger partial charge >= 0.3 is 12.2 Å². The van der Waals surface area contributed by atoms with Crippen LogP contribution in [0.2, 0.25) is 5.02 Å². The molecule has 2 rings (SSSR count). The van der Waals surface area contributed by atoms with E-state index in [9.17, 15) is 22.8 Å². The highest BCUT2D eigenvalue weighted by molar-refractivity contribution is 6.31. The molecule has 0 spiro atoms. The highest BCUT2D eigenvalue weighted by Crippen LogP contribution is 2.37. The third-order valence-electron chi connectivity index (χ3n) is 2.62. The SMILES string of the molecule is O=C1CCN(c2ccc(Cl)c(C(F)(F)F)c2)C(=O)N1. The van der Waals surface area contributed by atoms with E-state index in [1.54, 1.807) is 0 Å². The van der Waals surface area contributed by atoms with E-state index in [-0.39, 0.29) is 18.7 Å². The van der Waals surface area contributed by atoms with Crippen molar-refractivity contribution < 1.29 is 22.8 Å². The first-order chi connectivity index (χ1) is 8.79. The fraction of sp³-hybridized carbons (Fsp3) is 0.273. The zero-order valence-electron chi connectivity index (χ0n) is 9.42. The van der Waals surface area contributed by atoms with Gasteiger partial charge in [-0.25, -0.2) is 4.79 Å². The molecule has 1 aliphatic rings. The third-order valence-corrected chi connectivity index (χ3v) is 2.95. The first-order valence-corrected chi connectivity index (χ1v) is 5.65. The highest BCUT2D eigenvalue weighted by atomic mass is 35.5. The lowest BCUT2D eigenvalue weighted by Gasteiger charge is -2.27. The number of carbonyl (C=O) groups is 2. The van der Waals surface area contributed by atoms with E-state index in [0.717, 1.165) is 17.0 Å². The Kier molecular flexibility index (Phi) is 3.40. The number of nitrogens with one attached hydrogen (secondary N) is 1. The van der Waals surface area contributed by atoms with Gasteiger partial charge < -0.3 is 0 Å². The van der Waals surface area contributed by atoms with Gasteiger partial charge in [-0.2, -0.15) is 13.2 Å². The maximum atomic E-state index is 12.7. The van der Waals surface area contributed by atoms with Crippen LogP contribution in [0.15, 0.2) is 18.2 Å². The van der Waals surface area contributed by atoms with Gasteiger partial charge in [0.2, 0.25) is 5.91 Å². The number of hydrogen-bond donors (Lipinski definition) is 1. The number of halogens is 4. The molecule has 1 N–H and O–H groups in total. The summed E-state index contributed by atoms with van der Waals surface area (Å²) in [7, 11) is 0. The molecule has 0 radical (unpaired) electrons. The maximum absolute atomic E-state index is 12.7. The molecule has 102 valence electrons. The average molecular weight is 293 g/mol. The van der Waals surface area contributed by atoms with Crippen molar-refractivity contribution >= 4 is 29.2 Å². The van der Waals surface area contributed by atoms with Crippen molar-refractivity contribution in [2.24, 2.45) is 0 Å². The smallest absolute Gasteiger partial charge is 0.294 e. The average Bonchev–Trinajstić information content (AvgIpc) is 2.29. The monoisotopic (exact) mass is 292 g/mol. The quantitative estimate of drug-likeness (QED) is 0.865. The molecule has 0 unspecified atom stereocenters. The second-order valence-corrected chi connectivity index (χ2v) is 4.32. The predicted octanol–water partition coefficient (Wildman–Crippen LogP) is 2.81. The number of anilines is 1. The van der Waals surface area contributed by atoms with Crippen LogP contribution in [0.4, 0.5) is 23.7 Å². The van der Waals surface area contributed by atoms with Crippen molar-refractivity contribution in [1.29, 1.82) is 0 Å². The van der Waals surface area contributed by atoms with Crippen LogP contribution in [0.5, 0.6) is 0 Å². The van der Waals surface area contributed by atoms with Gasteiger partial charge in [0.25, 0.3) is 0 Å². The van der Waals surface area contributed by atoms with E-state index >= 15 is 0 Å². The van der Waals surface area contributed by atoms with Crippen molar-refractivity contribution in [2.75, 3.05) is 11.4 Å². The molecule has 0 saturated carbocycles. The van der Waals surface area contributed by atoms with E-state index in [0.29, 0.717) is 0 Å². The Hall–Kier alpha value is -1.76. The van der Waals surface area contributed by atoms with Gasteiger partial charge in [0, 0.05) is 18.7 Å². The summed E-state index contributed by atoms with van der Waals surface area (Å²) in [5.41, 5.74) is -0.974. The Morgan fingerprint density at radius 1 is 1.26 bits per heavy atom. The van der Waals surface area contributed by atoms with Gasteiger partial charge in [0.05, 0.1) is 10.6 Å². The molecule has 1 heterocycles. The van der Waals surface area contributed by atoms with Crippen molar-refractivity contribution in [3.8, 4) is 0 Å². The number of carbonyl (C=O) groups excluding carboxylic acids is 2. The molecule has 1 aromatic rings. The van der Waals surface area contributed by atoms with E-state index in [2.05, 4.69) is 0 Å². The molecule has 1 fully saturated rings. The summed E-state index contributed by atoms with van der Waals surface area (Å²) in [6.07, 6.45) is -4.56. The molecule has 3 amide bonds. The van der Waals surface area contributed by atoms with Crippen LogP contribution >= 0.6 is 11.6 Å². The second-order valence-electron chi connectivity index (χ2n) is 3.92. The number of hydrogen-bond acceptors (Lipinski definition) is 2. The molecule has 1 aromatic carbocycles. The number of imide groups is 1. The van der Waals surface area contributed by atoms with Crippen LogP contribution in [0.25, 0.3) is 0 Å². The van der Waals surface area contributed by atoms with Gasteiger partial charge in [-0.05, 0) is 18.2 Å². The number of benzene rings is 1. The predicted molar refractivity (Wildman–Crippen MR) is 62.0 cm³/mol. The van der Waals surface area contributed by atoms with Crippen molar-refractivity contribution in [2.45, 2.75) is 12.6 Å². The standard InChI is InChI=1S/C11H8ClF3N2O2/c12-8-2-1-6(5-7(8)11(13,14)15)17-4-3-9(18)16-10(17)19/h1-2,5H,3-4H2,(H,16,18,19). The van der Waals surface area contributed by atoms with Crippen molar-refractivity contribution in [3.63, 3.8) is 0 Å². The zero-order valence-corrected chi connectivity index (χ0v) is 10.2. The molecule has 0 atom stereocenters. The van der Waals surface area contributed by atoms with Crippen molar-refractivity contribution in [3.05, 3.63) is 28.8 Å². The Morgan fingerprint density at radius 2 is 1.95 bits per heavy atom. The minimum atomic E-state index is -4.60. The Labute approximate surface area is 111 Å². The van der Waals surface area contributed by atoms with E-state index < -0.39 is 28.7 Å². The van der Waals surface area contributed by atoms with Crippen LogP contribution in [0.3, 0.4) is 0 Å². The molecule has 4 nitrogen and oxygen atoms in total. The van der Waals surface area contributed by atoms with Crippen LogP contribution in [0.1, 0.15) is 12.0 Å². The van der Waals surface area contributed by atoms with Gasteiger partial charge in [-0.3, -0.25) is 15.0 Å². The van der Waals surface area contributed by atoms with Gasteiger partial charge in [0.1, 0.15) is 0 Å². The fourth-order valence-electron chi connectivity index (χ4n) is 1.71. The molecular formula is C11H8ClF3N2O2. The lowest BCUT2D eigenvalue weighted by atomic mass is 10.1. The molecule has 0 aromatic heterocycles. The summed E-state index contributed by atoms with van der Waals surface area (Å²) in [5, 5.41) is 1.59. The van der Waals surface area contributed by atoms with Crippen LogP contribution < -0.4 is 10.2 Å². The normalized spacial score (nSPS) is 16.5. The number of urea groups is 1. The minimum absolute atomic E-state index is 0.0313. The molecule has 0 aliphatic carbocycles. The Bertz CT molecular complexity index is 545. The summed E-state index contributed by atoms with van der Waals surface area (Å²) in [6.45, 7) is 0.0313. The second kappa shape index (κ2) is 4.73. The van der Waals surface area contributed by atoms with Gasteiger partial charge in [0.15, 0.2) is 0 Å². The van der Waals surface area contributed by atoms with Crippen molar-refractivity contribution in [1.82, 2.24) is 5.32 Å². The fourth-order valence-corrected chi connectivity index (χ4v) is 1.93. The largest absolute Gasteiger partial charge is 0.417 e. The molecular weight excluding hydrogens is 285 g/mol. The summed E-state index contributed by atoms with van der Waals surface area (Å²) in [4.78, 5) is 23.6. The summed E-state index contributed by atoms with van der Waals surface area (Å²) in [5.74, 6) is -0.453. The highest BCUT2D eigenvalue weighted by Gasteiger charge is 2.34.